The topological polar surface area (TPSA) is 54.9 Å². The second-order valence-electron chi connectivity index (χ2n) is 5.19. The van der Waals surface area contributed by atoms with E-state index < -0.39 is 0 Å². The van der Waals surface area contributed by atoms with Crippen molar-refractivity contribution in [2.45, 2.75) is 19.8 Å². The molecule has 3 rings (SSSR count). The fourth-order valence-electron chi connectivity index (χ4n) is 2.07. The van der Waals surface area contributed by atoms with Gasteiger partial charge in [0.25, 0.3) is 5.91 Å². The van der Waals surface area contributed by atoms with Gasteiger partial charge in [0.15, 0.2) is 0 Å². The van der Waals surface area contributed by atoms with E-state index in [1.807, 2.05) is 36.4 Å². The number of hydrogen-bond acceptors (Lipinski definition) is 4. The first-order chi connectivity index (χ1) is 10.1. The number of nitrogens with zero attached hydrogens (tertiary/aromatic N) is 2. The van der Waals surface area contributed by atoms with Gasteiger partial charge in [-0.2, -0.15) is 0 Å². The van der Waals surface area contributed by atoms with Crippen molar-refractivity contribution in [1.82, 2.24) is 9.59 Å². The van der Waals surface area contributed by atoms with E-state index in [-0.39, 0.29) is 5.91 Å². The summed E-state index contributed by atoms with van der Waals surface area (Å²) in [5.74, 6) is 0.360. The van der Waals surface area contributed by atoms with Crippen LogP contribution in [0.1, 0.15) is 35.7 Å². The highest BCUT2D eigenvalue weighted by molar-refractivity contribution is 7.12. The number of carbonyl (C=O) groups excluding carboxylic acids is 1. The molecule has 0 bridgehead atoms. The summed E-state index contributed by atoms with van der Waals surface area (Å²) in [6.45, 7) is 4.29. The standard InChI is InChI=1S/C16H15N3OS/c1-10(2)11-3-6-13(7-4-11)17-16(20)12-5-8-14-15(9-12)21-19-18-14/h3-10H,1-2H3,(H,17,20). The van der Waals surface area contributed by atoms with Crippen molar-refractivity contribution in [3.8, 4) is 0 Å². The number of benzene rings is 2. The third-order valence-electron chi connectivity index (χ3n) is 3.34. The Morgan fingerprint density at radius 1 is 1.14 bits per heavy atom. The minimum Gasteiger partial charge on any atom is -0.322 e. The lowest BCUT2D eigenvalue weighted by molar-refractivity contribution is 0.102. The van der Waals surface area contributed by atoms with Gasteiger partial charge in [-0.15, -0.1) is 5.10 Å². The molecule has 0 unspecified atom stereocenters. The summed E-state index contributed by atoms with van der Waals surface area (Å²) in [7, 11) is 0. The summed E-state index contributed by atoms with van der Waals surface area (Å²) < 4.78 is 4.79. The Labute approximate surface area is 127 Å². The van der Waals surface area contributed by atoms with Crippen molar-refractivity contribution >= 4 is 33.3 Å². The zero-order valence-corrected chi connectivity index (χ0v) is 12.6. The molecule has 5 heteroatoms. The van der Waals surface area contributed by atoms with Crippen LogP contribution in [-0.4, -0.2) is 15.5 Å². The van der Waals surface area contributed by atoms with Crippen LogP contribution in [0.2, 0.25) is 0 Å². The van der Waals surface area contributed by atoms with E-state index in [2.05, 4.69) is 28.8 Å². The average molecular weight is 297 g/mol. The molecule has 3 aromatic rings. The Hall–Kier alpha value is -2.27. The van der Waals surface area contributed by atoms with Crippen molar-refractivity contribution in [3.05, 3.63) is 53.6 Å². The maximum absolute atomic E-state index is 12.3. The first-order valence-electron chi connectivity index (χ1n) is 6.77. The summed E-state index contributed by atoms with van der Waals surface area (Å²) in [6, 6.07) is 13.3. The molecular formula is C16H15N3OS. The summed E-state index contributed by atoms with van der Waals surface area (Å²) in [5.41, 5.74) is 3.48. The Kier molecular flexibility index (Phi) is 3.66. The molecule has 0 saturated carbocycles. The second-order valence-corrected chi connectivity index (χ2v) is 5.97. The first kappa shape index (κ1) is 13.7. The molecule has 0 atom stereocenters. The van der Waals surface area contributed by atoms with Gasteiger partial charge in [-0.3, -0.25) is 4.79 Å². The molecule has 1 heterocycles. The molecule has 21 heavy (non-hydrogen) atoms. The van der Waals surface area contributed by atoms with E-state index in [0.29, 0.717) is 11.5 Å². The average Bonchev–Trinajstić information content (AvgIpc) is 2.95. The van der Waals surface area contributed by atoms with Gasteiger partial charge in [-0.05, 0) is 53.3 Å². The van der Waals surface area contributed by atoms with Crippen LogP contribution in [0, 0.1) is 0 Å². The van der Waals surface area contributed by atoms with Crippen LogP contribution < -0.4 is 5.32 Å². The number of carbonyl (C=O) groups is 1. The normalized spacial score (nSPS) is 11.0. The number of rotatable bonds is 3. The fraction of sp³-hybridized carbons (Fsp3) is 0.188. The van der Waals surface area contributed by atoms with Gasteiger partial charge in [-0.1, -0.05) is 30.5 Å². The fourth-order valence-corrected chi connectivity index (χ4v) is 2.67. The molecule has 0 saturated heterocycles. The van der Waals surface area contributed by atoms with Crippen LogP contribution in [-0.2, 0) is 0 Å². The first-order valence-corrected chi connectivity index (χ1v) is 7.54. The lowest BCUT2D eigenvalue weighted by Crippen LogP contribution is -2.11. The van der Waals surface area contributed by atoms with Crippen molar-refractivity contribution in [2.24, 2.45) is 0 Å². The summed E-state index contributed by atoms with van der Waals surface area (Å²) in [6.07, 6.45) is 0. The zero-order chi connectivity index (χ0) is 14.8. The van der Waals surface area contributed by atoms with Crippen LogP contribution in [0.25, 0.3) is 10.2 Å². The Morgan fingerprint density at radius 2 is 1.90 bits per heavy atom. The molecule has 0 aliphatic heterocycles. The summed E-state index contributed by atoms with van der Waals surface area (Å²) in [4.78, 5) is 12.3. The number of anilines is 1. The minimum atomic E-state index is -0.123. The Balaban J connectivity index is 1.78. The van der Waals surface area contributed by atoms with Crippen molar-refractivity contribution in [3.63, 3.8) is 0 Å². The minimum absolute atomic E-state index is 0.123. The molecule has 106 valence electrons. The molecule has 1 aromatic heterocycles. The SMILES string of the molecule is CC(C)c1ccc(NC(=O)c2ccc3nnsc3c2)cc1. The monoisotopic (exact) mass is 297 g/mol. The largest absolute Gasteiger partial charge is 0.322 e. The molecular weight excluding hydrogens is 282 g/mol. The Bertz CT molecular complexity index is 778. The molecule has 2 aromatic carbocycles. The summed E-state index contributed by atoms with van der Waals surface area (Å²) in [5, 5.41) is 6.87. The van der Waals surface area contributed by atoms with E-state index in [4.69, 9.17) is 0 Å². The van der Waals surface area contributed by atoms with E-state index in [0.717, 1.165) is 15.9 Å². The van der Waals surface area contributed by atoms with Gasteiger partial charge < -0.3 is 5.32 Å². The lowest BCUT2D eigenvalue weighted by Gasteiger charge is -2.08. The van der Waals surface area contributed by atoms with Crippen LogP contribution in [0.5, 0.6) is 0 Å². The molecule has 1 amide bonds. The Morgan fingerprint density at radius 3 is 2.62 bits per heavy atom. The quantitative estimate of drug-likeness (QED) is 0.793. The lowest BCUT2D eigenvalue weighted by atomic mass is 10.0. The molecule has 0 radical (unpaired) electrons. The van der Waals surface area contributed by atoms with Crippen molar-refractivity contribution < 1.29 is 4.79 Å². The molecule has 0 aliphatic rings. The third-order valence-corrected chi connectivity index (χ3v) is 4.03. The summed E-state index contributed by atoms with van der Waals surface area (Å²) >= 11 is 1.29. The van der Waals surface area contributed by atoms with E-state index in [1.54, 1.807) is 6.07 Å². The molecule has 0 fully saturated rings. The highest BCUT2D eigenvalue weighted by Crippen LogP contribution is 2.20. The number of amides is 1. The van der Waals surface area contributed by atoms with E-state index >= 15 is 0 Å². The van der Waals surface area contributed by atoms with Gasteiger partial charge in [0.05, 0.1) is 4.70 Å². The van der Waals surface area contributed by atoms with Crippen LogP contribution in [0.3, 0.4) is 0 Å². The van der Waals surface area contributed by atoms with E-state index in [1.165, 1.54) is 17.1 Å². The van der Waals surface area contributed by atoms with Gasteiger partial charge in [-0.25, -0.2) is 0 Å². The number of aromatic nitrogens is 2. The molecule has 0 spiro atoms. The van der Waals surface area contributed by atoms with Gasteiger partial charge in [0.1, 0.15) is 5.52 Å². The second kappa shape index (κ2) is 5.61. The maximum Gasteiger partial charge on any atom is 0.255 e. The smallest absolute Gasteiger partial charge is 0.255 e. The predicted molar refractivity (Wildman–Crippen MR) is 85.9 cm³/mol. The highest BCUT2D eigenvalue weighted by Gasteiger charge is 2.09. The van der Waals surface area contributed by atoms with Crippen molar-refractivity contribution in [1.29, 1.82) is 0 Å². The van der Waals surface area contributed by atoms with Gasteiger partial charge in [0, 0.05) is 11.3 Å². The van der Waals surface area contributed by atoms with E-state index in [9.17, 15) is 4.79 Å². The molecule has 4 nitrogen and oxygen atoms in total. The van der Waals surface area contributed by atoms with Gasteiger partial charge in [0.2, 0.25) is 0 Å². The van der Waals surface area contributed by atoms with Crippen LogP contribution >= 0.6 is 11.5 Å². The zero-order valence-electron chi connectivity index (χ0n) is 11.8. The molecule has 0 aliphatic carbocycles. The van der Waals surface area contributed by atoms with Crippen LogP contribution in [0.4, 0.5) is 5.69 Å². The number of nitrogens with one attached hydrogen (secondary N) is 1. The van der Waals surface area contributed by atoms with Gasteiger partial charge >= 0.3 is 0 Å². The maximum atomic E-state index is 12.3. The van der Waals surface area contributed by atoms with Crippen LogP contribution in [0.15, 0.2) is 42.5 Å². The number of hydrogen-bond donors (Lipinski definition) is 1. The predicted octanol–water partition coefficient (Wildman–Crippen LogP) is 4.07. The van der Waals surface area contributed by atoms with Crippen molar-refractivity contribution in [2.75, 3.05) is 5.32 Å². The molecule has 1 N–H and O–H groups in total. The highest BCUT2D eigenvalue weighted by atomic mass is 32.1. The number of fused-ring (bicyclic) bond motifs is 1. The third kappa shape index (κ3) is 2.92.